The Labute approximate surface area is 208 Å². The fraction of sp³-hybridized carbons (Fsp3) is 0.414. The minimum absolute atomic E-state index is 0.0496. The van der Waals surface area contributed by atoms with Gasteiger partial charge in [-0.3, -0.25) is 9.79 Å². The van der Waals surface area contributed by atoms with Crippen LogP contribution in [0.15, 0.2) is 76.7 Å². The van der Waals surface area contributed by atoms with E-state index >= 15 is 4.39 Å². The van der Waals surface area contributed by atoms with Crippen molar-refractivity contribution in [2.45, 2.75) is 78.4 Å². The van der Waals surface area contributed by atoms with E-state index in [2.05, 4.69) is 29.9 Å². The van der Waals surface area contributed by atoms with Crippen molar-refractivity contribution in [2.24, 2.45) is 4.99 Å². The zero-order chi connectivity index (χ0) is 25.8. The van der Waals surface area contributed by atoms with Crippen molar-refractivity contribution < 1.29 is 13.9 Å². The van der Waals surface area contributed by atoms with Crippen LogP contribution in [0.2, 0.25) is 0 Å². The van der Waals surface area contributed by atoms with Gasteiger partial charge in [0.1, 0.15) is 11.5 Å². The number of nitriles is 1. The molecule has 186 valence electrons. The molecule has 2 unspecified atom stereocenters. The zero-order valence-electron chi connectivity index (χ0n) is 21.2. The highest BCUT2D eigenvalue weighted by Gasteiger charge is 2.20. The summed E-state index contributed by atoms with van der Waals surface area (Å²) in [6, 6.07) is 9.74. The van der Waals surface area contributed by atoms with Gasteiger partial charge in [0.15, 0.2) is 5.83 Å². The largest absolute Gasteiger partial charge is 0.490 e. The van der Waals surface area contributed by atoms with Gasteiger partial charge in [0.25, 0.3) is 0 Å². The van der Waals surface area contributed by atoms with Crippen molar-refractivity contribution in [3.8, 4) is 11.8 Å². The molecular weight excluding hydrogens is 441 g/mol. The summed E-state index contributed by atoms with van der Waals surface area (Å²) in [4.78, 5) is 15.6. The third-order valence-corrected chi connectivity index (χ3v) is 5.95. The Hall–Kier alpha value is -3.46. The number of carbonyl (C=O) groups is 1. The first kappa shape index (κ1) is 27.8. The summed E-state index contributed by atoms with van der Waals surface area (Å²) < 4.78 is 21.6. The number of allylic oxidation sites excluding steroid dienone is 6. The van der Waals surface area contributed by atoms with Crippen molar-refractivity contribution in [2.75, 3.05) is 0 Å². The van der Waals surface area contributed by atoms with E-state index in [9.17, 15) is 4.79 Å². The van der Waals surface area contributed by atoms with Gasteiger partial charge in [-0.05, 0) is 80.4 Å². The summed E-state index contributed by atoms with van der Waals surface area (Å²) in [5.41, 5.74) is 3.35. The first-order valence-corrected chi connectivity index (χ1v) is 12.1. The highest BCUT2D eigenvalue weighted by atomic mass is 19.1. The molecule has 0 aromatic heterocycles. The van der Waals surface area contributed by atoms with Crippen LogP contribution in [0.25, 0.3) is 0 Å². The molecule has 0 aliphatic carbocycles. The summed E-state index contributed by atoms with van der Waals surface area (Å²) in [5.74, 6) is 0.340. The van der Waals surface area contributed by atoms with Crippen LogP contribution in [0, 0.1) is 11.3 Å². The Bertz CT molecular complexity index is 1060. The molecule has 0 saturated carbocycles. The number of carbonyl (C=O) groups excluding carboxylic acids is 1. The topological polar surface area (TPSA) is 74.5 Å². The lowest BCUT2D eigenvalue weighted by Gasteiger charge is -2.19. The quantitative estimate of drug-likeness (QED) is 0.323. The Morgan fingerprint density at radius 3 is 2.69 bits per heavy atom. The second kappa shape index (κ2) is 14.1. The Balaban J connectivity index is 2.02. The molecule has 0 fully saturated rings. The molecule has 1 aromatic rings. The van der Waals surface area contributed by atoms with Crippen LogP contribution in [0.4, 0.5) is 4.39 Å². The number of hydrogen-bond donors (Lipinski definition) is 1. The summed E-state index contributed by atoms with van der Waals surface area (Å²) in [6.07, 6.45) is 8.82. The summed E-state index contributed by atoms with van der Waals surface area (Å²) in [6.45, 7) is 11.5. The van der Waals surface area contributed by atoms with E-state index in [0.29, 0.717) is 43.3 Å². The van der Waals surface area contributed by atoms with Crippen LogP contribution in [0.5, 0.6) is 5.75 Å². The first-order valence-electron chi connectivity index (χ1n) is 12.1. The molecule has 1 aliphatic rings. The molecule has 1 aliphatic heterocycles. The van der Waals surface area contributed by atoms with E-state index in [4.69, 9.17) is 10.00 Å². The molecule has 1 amide bonds. The highest BCUT2D eigenvalue weighted by molar-refractivity contribution is 6.11. The average Bonchev–Trinajstić information content (AvgIpc) is 3.03. The van der Waals surface area contributed by atoms with Crippen molar-refractivity contribution in [3.63, 3.8) is 0 Å². The predicted octanol–water partition coefficient (Wildman–Crippen LogP) is 7.21. The third-order valence-electron chi connectivity index (χ3n) is 5.95. The van der Waals surface area contributed by atoms with Crippen LogP contribution in [-0.2, 0) is 4.79 Å². The Kier molecular flexibility index (Phi) is 11.2. The number of aliphatic imine (C=N–C) groups is 1. The molecule has 0 bridgehead atoms. The number of amides is 1. The maximum absolute atomic E-state index is 15.4. The lowest BCUT2D eigenvalue weighted by molar-refractivity contribution is -0.119. The van der Waals surface area contributed by atoms with E-state index in [1.807, 2.05) is 50.3 Å². The Morgan fingerprint density at radius 2 is 2.06 bits per heavy atom. The Morgan fingerprint density at radius 1 is 1.34 bits per heavy atom. The lowest BCUT2D eigenvalue weighted by atomic mass is 9.96. The molecule has 5 nitrogen and oxygen atoms in total. The van der Waals surface area contributed by atoms with E-state index < -0.39 is 0 Å². The SMILES string of the molecule is C=C(CCC(CC)Oc1ccc(C(C)NC(C)=O)cc1)C1=NC=CCC(C(C)=CCCC#N)=C1F. The minimum Gasteiger partial charge on any atom is -0.490 e. The molecule has 0 spiro atoms. The molecule has 1 N–H and O–H groups in total. The number of rotatable bonds is 12. The van der Waals surface area contributed by atoms with E-state index in [1.165, 1.54) is 6.92 Å². The number of nitrogens with one attached hydrogen (secondary N) is 1. The molecule has 1 aromatic carbocycles. The minimum atomic E-state index is -0.344. The number of hydrogen-bond acceptors (Lipinski definition) is 4. The van der Waals surface area contributed by atoms with Gasteiger partial charge in [-0.1, -0.05) is 37.8 Å². The number of nitrogens with zero attached hydrogens (tertiary/aromatic N) is 2. The standard InChI is InChI=1S/C29H36FN3O2/c1-6-25(35-26-16-13-24(14-17-26)22(4)33-23(5)34)15-12-21(3)29-28(30)27(11-9-19-32-29)20(2)10-7-8-18-31/h9-10,13-14,16-17,19,22,25H,3,6-8,11-12,15H2,1-2,4-5H3,(H,33,34). The van der Waals surface area contributed by atoms with Gasteiger partial charge in [0.2, 0.25) is 5.91 Å². The van der Waals surface area contributed by atoms with Crippen LogP contribution >= 0.6 is 0 Å². The summed E-state index contributed by atoms with van der Waals surface area (Å²) >= 11 is 0. The molecule has 2 atom stereocenters. The zero-order valence-corrected chi connectivity index (χ0v) is 21.2. The van der Waals surface area contributed by atoms with Gasteiger partial charge in [-0.15, -0.1) is 0 Å². The van der Waals surface area contributed by atoms with Crippen LogP contribution < -0.4 is 10.1 Å². The van der Waals surface area contributed by atoms with Gasteiger partial charge < -0.3 is 10.1 Å². The lowest BCUT2D eigenvalue weighted by Crippen LogP contribution is -2.23. The fourth-order valence-electron chi connectivity index (χ4n) is 3.86. The molecular formula is C29H36FN3O2. The number of ether oxygens (including phenoxy) is 1. The number of halogens is 1. The third kappa shape index (κ3) is 8.68. The van der Waals surface area contributed by atoms with E-state index in [1.54, 1.807) is 6.20 Å². The van der Waals surface area contributed by atoms with Gasteiger partial charge >= 0.3 is 0 Å². The van der Waals surface area contributed by atoms with Gasteiger partial charge in [0, 0.05) is 19.5 Å². The number of benzene rings is 1. The molecule has 0 radical (unpaired) electrons. The number of unbranched alkanes of at least 4 members (excludes halogenated alkanes) is 1. The van der Waals surface area contributed by atoms with E-state index in [0.717, 1.165) is 23.3 Å². The van der Waals surface area contributed by atoms with Crippen LogP contribution in [0.1, 0.15) is 77.8 Å². The highest BCUT2D eigenvalue weighted by Crippen LogP contribution is 2.28. The maximum Gasteiger partial charge on any atom is 0.217 e. The van der Waals surface area contributed by atoms with Crippen molar-refractivity contribution in [3.05, 3.63) is 77.3 Å². The fourth-order valence-corrected chi connectivity index (χ4v) is 3.86. The van der Waals surface area contributed by atoms with Gasteiger partial charge in [-0.25, -0.2) is 4.39 Å². The molecule has 6 heteroatoms. The summed E-state index contributed by atoms with van der Waals surface area (Å²) in [5, 5.41) is 11.6. The second-order valence-corrected chi connectivity index (χ2v) is 8.72. The predicted molar refractivity (Wildman–Crippen MR) is 140 cm³/mol. The molecule has 1 heterocycles. The average molecular weight is 478 g/mol. The maximum atomic E-state index is 15.4. The molecule has 35 heavy (non-hydrogen) atoms. The monoisotopic (exact) mass is 477 g/mol. The normalized spacial score (nSPS) is 15.5. The van der Waals surface area contributed by atoms with Crippen molar-refractivity contribution in [1.29, 1.82) is 5.26 Å². The molecule has 2 rings (SSSR count). The van der Waals surface area contributed by atoms with Crippen molar-refractivity contribution in [1.82, 2.24) is 5.32 Å². The van der Waals surface area contributed by atoms with Gasteiger partial charge in [-0.2, -0.15) is 5.26 Å². The van der Waals surface area contributed by atoms with Crippen molar-refractivity contribution >= 4 is 11.6 Å². The summed E-state index contributed by atoms with van der Waals surface area (Å²) in [7, 11) is 0. The second-order valence-electron chi connectivity index (χ2n) is 8.72. The smallest absolute Gasteiger partial charge is 0.217 e. The van der Waals surface area contributed by atoms with Crippen LogP contribution in [0.3, 0.4) is 0 Å². The molecule has 0 saturated heterocycles. The van der Waals surface area contributed by atoms with Gasteiger partial charge in [0.05, 0.1) is 18.2 Å². The first-order chi connectivity index (χ1) is 16.8. The van der Waals surface area contributed by atoms with Crippen LogP contribution in [-0.4, -0.2) is 17.7 Å². The van der Waals surface area contributed by atoms with E-state index in [-0.39, 0.29) is 29.6 Å².